The minimum Gasteiger partial charge on any atom is -0.383 e. The number of hydrogen-bond acceptors (Lipinski definition) is 3. The molecular weight excluding hydrogens is 280 g/mol. The number of fused-ring (bicyclic) bond motifs is 1. The summed E-state index contributed by atoms with van der Waals surface area (Å²) in [5, 5.41) is 0. The van der Waals surface area contributed by atoms with Gasteiger partial charge in [-0.1, -0.05) is 0 Å². The molecule has 0 saturated carbocycles. The van der Waals surface area contributed by atoms with Crippen molar-refractivity contribution in [3.8, 4) is 11.3 Å². The van der Waals surface area contributed by atoms with E-state index in [4.69, 9.17) is 5.73 Å². The van der Waals surface area contributed by atoms with Crippen LogP contribution in [0.5, 0.6) is 0 Å². The Labute approximate surface area is 106 Å². The summed E-state index contributed by atoms with van der Waals surface area (Å²) < 4.78 is 2.82. The summed E-state index contributed by atoms with van der Waals surface area (Å²) in [6.45, 7) is 0. The van der Waals surface area contributed by atoms with E-state index in [1.165, 1.54) is 0 Å². The summed E-state index contributed by atoms with van der Waals surface area (Å²) in [6, 6.07) is 7.67. The third-order valence-corrected chi connectivity index (χ3v) is 3.02. The Hall–Kier alpha value is -1.88. The maximum absolute atomic E-state index is 6.09. The summed E-state index contributed by atoms with van der Waals surface area (Å²) in [5.74, 6) is 0.620. The van der Waals surface area contributed by atoms with Gasteiger partial charge in [-0.05, 0) is 40.2 Å². The standard InChI is InChI=1S/C12H9BrN4/c13-9-3-4-10-16-11(12(14)17(10)7-9)8-2-1-5-15-6-8/h1-7H,14H2. The number of aromatic nitrogens is 3. The van der Waals surface area contributed by atoms with Crippen LogP contribution in [-0.2, 0) is 0 Å². The predicted octanol–water partition coefficient (Wildman–Crippen LogP) is 2.74. The molecule has 3 rings (SSSR count). The Bertz CT molecular complexity index is 676. The fraction of sp³-hybridized carbons (Fsp3) is 0. The van der Waals surface area contributed by atoms with Gasteiger partial charge >= 0.3 is 0 Å². The molecule has 3 heterocycles. The number of imidazole rings is 1. The molecule has 0 spiro atoms. The first kappa shape index (κ1) is 10.3. The van der Waals surface area contributed by atoms with Crippen molar-refractivity contribution in [1.82, 2.24) is 14.4 Å². The Morgan fingerprint density at radius 1 is 1.24 bits per heavy atom. The summed E-state index contributed by atoms with van der Waals surface area (Å²) in [4.78, 5) is 8.58. The van der Waals surface area contributed by atoms with Gasteiger partial charge in [-0.2, -0.15) is 0 Å². The number of rotatable bonds is 1. The van der Waals surface area contributed by atoms with Crippen molar-refractivity contribution in [2.24, 2.45) is 0 Å². The van der Waals surface area contributed by atoms with Gasteiger partial charge in [0.15, 0.2) is 0 Å². The van der Waals surface area contributed by atoms with E-state index < -0.39 is 0 Å². The van der Waals surface area contributed by atoms with Crippen LogP contribution in [0.4, 0.5) is 5.82 Å². The van der Waals surface area contributed by atoms with Crippen molar-refractivity contribution in [2.45, 2.75) is 0 Å². The molecule has 17 heavy (non-hydrogen) atoms. The molecule has 0 fully saturated rings. The number of nitrogen functional groups attached to an aromatic ring is 1. The van der Waals surface area contributed by atoms with Crippen LogP contribution < -0.4 is 5.73 Å². The average molecular weight is 289 g/mol. The molecule has 0 amide bonds. The summed E-state index contributed by atoms with van der Waals surface area (Å²) >= 11 is 3.42. The van der Waals surface area contributed by atoms with Crippen molar-refractivity contribution in [3.63, 3.8) is 0 Å². The Morgan fingerprint density at radius 3 is 2.88 bits per heavy atom. The van der Waals surface area contributed by atoms with Gasteiger partial charge in [0.25, 0.3) is 0 Å². The highest BCUT2D eigenvalue weighted by molar-refractivity contribution is 9.10. The first-order valence-electron chi connectivity index (χ1n) is 5.09. The van der Waals surface area contributed by atoms with Crippen molar-refractivity contribution in [3.05, 3.63) is 47.3 Å². The van der Waals surface area contributed by atoms with Gasteiger partial charge in [-0.25, -0.2) is 4.98 Å². The first-order valence-corrected chi connectivity index (χ1v) is 5.88. The van der Waals surface area contributed by atoms with Crippen LogP contribution in [0.15, 0.2) is 47.3 Å². The number of nitrogens with zero attached hydrogens (tertiary/aromatic N) is 3. The molecule has 3 aromatic rings. The minimum absolute atomic E-state index is 0.620. The summed E-state index contributed by atoms with van der Waals surface area (Å²) in [6.07, 6.45) is 5.39. The SMILES string of the molecule is Nc1c(-c2cccnc2)nc2ccc(Br)cn12. The quantitative estimate of drug-likeness (QED) is 0.749. The molecule has 0 aromatic carbocycles. The highest BCUT2D eigenvalue weighted by atomic mass is 79.9. The van der Waals surface area contributed by atoms with Crippen LogP contribution in [0, 0.1) is 0 Å². The lowest BCUT2D eigenvalue weighted by molar-refractivity contribution is 1.18. The molecule has 0 saturated heterocycles. The lowest BCUT2D eigenvalue weighted by Gasteiger charge is -1.98. The zero-order valence-electron chi connectivity index (χ0n) is 8.84. The molecule has 4 nitrogen and oxygen atoms in total. The van der Waals surface area contributed by atoms with Crippen LogP contribution in [0.1, 0.15) is 0 Å². The maximum Gasteiger partial charge on any atom is 0.139 e. The number of anilines is 1. The highest BCUT2D eigenvalue weighted by Gasteiger charge is 2.10. The van der Waals surface area contributed by atoms with Crippen LogP contribution in [0.3, 0.4) is 0 Å². The van der Waals surface area contributed by atoms with Crippen molar-refractivity contribution in [1.29, 1.82) is 0 Å². The molecule has 0 aliphatic rings. The van der Waals surface area contributed by atoms with E-state index in [1.54, 1.807) is 12.4 Å². The van der Waals surface area contributed by atoms with Crippen molar-refractivity contribution < 1.29 is 0 Å². The zero-order valence-corrected chi connectivity index (χ0v) is 10.4. The summed E-state index contributed by atoms with van der Waals surface area (Å²) in [5.41, 5.74) is 8.60. The summed E-state index contributed by atoms with van der Waals surface area (Å²) in [7, 11) is 0. The second kappa shape index (κ2) is 3.85. The maximum atomic E-state index is 6.09. The molecule has 5 heteroatoms. The van der Waals surface area contributed by atoms with Gasteiger partial charge < -0.3 is 5.73 Å². The van der Waals surface area contributed by atoms with E-state index in [0.29, 0.717) is 5.82 Å². The number of nitrogens with two attached hydrogens (primary N) is 1. The molecule has 0 radical (unpaired) electrons. The van der Waals surface area contributed by atoms with Crippen LogP contribution >= 0.6 is 15.9 Å². The van der Waals surface area contributed by atoms with E-state index in [-0.39, 0.29) is 0 Å². The number of pyridine rings is 2. The largest absolute Gasteiger partial charge is 0.383 e. The lowest BCUT2D eigenvalue weighted by Crippen LogP contribution is -1.94. The highest BCUT2D eigenvalue weighted by Crippen LogP contribution is 2.26. The topological polar surface area (TPSA) is 56.2 Å². The zero-order chi connectivity index (χ0) is 11.8. The third kappa shape index (κ3) is 1.68. The third-order valence-electron chi connectivity index (χ3n) is 2.55. The molecule has 0 atom stereocenters. The molecule has 0 bridgehead atoms. The Kier molecular flexibility index (Phi) is 2.33. The van der Waals surface area contributed by atoms with Gasteiger partial charge in [-0.15, -0.1) is 0 Å². The molecule has 2 N–H and O–H groups in total. The predicted molar refractivity (Wildman–Crippen MR) is 70.5 cm³/mol. The molecule has 0 unspecified atom stereocenters. The van der Waals surface area contributed by atoms with E-state index in [2.05, 4.69) is 25.9 Å². The van der Waals surface area contributed by atoms with Crippen LogP contribution in [0.2, 0.25) is 0 Å². The molecule has 0 aliphatic heterocycles. The van der Waals surface area contributed by atoms with Crippen LogP contribution in [0.25, 0.3) is 16.9 Å². The molecular formula is C12H9BrN4. The number of hydrogen-bond donors (Lipinski definition) is 1. The Morgan fingerprint density at radius 2 is 2.12 bits per heavy atom. The monoisotopic (exact) mass is 288 g/mol. The van der Waals surface area contributed by atoms with Gasteiger partial charge in [-0.3, -0.25) is 9.38 Å². The molecule has 3 aromatic heterocycles. The van der Waals surface area contributed by atoms with Gasteiger partial charge in [0.1, 0.15) is 17.2 Å². The van der Waals surface area contributed by atoms with E-state index in [0.717, 1.165) is 21.4 Å². The average Bonchev–Trinajstić information content (AvgIpc) is 2.68. The Balaban J connectivity index is 2.28. The fourth-order valence-corrected chi connectivity index (χ4v) is 2.09. The minimum atomic E-state index is 0.620. The normalized spacial score (nSPS) is 10.9. The second-order valence-corrected chi connectivity index (χ2v) is 4.58. The molecule has 0 aliphatic carbocycles. The van der Waals surface area contributed by atoms with E-state index >= 15 is 0 Å². The smallest absolute Gasteiger partial charge is 0.139 e. The van der Waals surface area contributed by atoms with Gasteiger partial charge in [0, 0.05) is 28.6 Å². The first-order chi connectivity index (χ1) is 8.25. The molecule has 84 valence electrons. The van der Waals surface area contributed by atoms with Gasteiger partial charge in [0.2, 0.25) is 0 Å². The van der Waals surface area contributed by atoms with Crippen LogP contribution in [-0.4, -0.2) is 14.4 Å². The second-order valence-electron chi connectivity index (χ2n) is 3.66. The lowest BCUT2D eigenvalue weighted by atomic mass is 10.2. The van der Waals surface area contributed by atoms with Crippen molar-refractivity contribution >= 4 is 27.4 Å². The van der Waals surface area contributed by atoms with Gasteiger partial charge in [0.05, 0.1) is 0 Å². The van der Waals surface area contributed by atoms with Crippen molar-refractivity contribution in [2.75, 3.05) is 5.73 Å². The van der Waals surface area contributed by atoms with E-state index in [1.807, 2.05) is 34.9 Å². The fourth-order valence-electron chi connectivity index (χ4n) is 1.75. The van der Waals surface area contributed by atoms with E-state index in [9.17, 15) is 0 Å². The number of halogens is 1.